The van der Waals surface area contributed by atoms with Crippen molar-refractivity contribution in [1.82, 2.24) is 0 Å². The van der Waals surface area contributed by atoms with Crippen LogP contribution in [0.25, 0.3) is 0 Å². The molecule has 0 aliphatic rings. The molecule has 0 radical (unpaired) electrons. The molecule has 3 N–H and O–H groups in total. The third kappa shape index (κ3) is 2.70. The van der Waals surface area contributed by atoms with Gasteiger partial charge in [0.25, 0.3) is 0 Å². The van der Waals surface area contributed by atoms with E-state index in [0.717, 1.165) is 16.8 Å². The zero-order chi connectivity index (χ0) is 10.7. The maximum atomic E-state index is 5.58. The van der Waals surface area contributed by atoms with Crippen molar-refractivity contribution in [1.29, 1.82) is 0 Å². The van der Waals surface area contributed by atoms with Gasteiger partial charge in [-0.05, 0) is 44.5 Å². The Morgan fingerprint density at radius 3 is 2.50 bits per heavy atom. The molecule has 0 spiro atoms. The number of hydrogen-bond donors (Lipinski definition) is 2. The Bertz CT molecular complexity index is 345. The highest BCUT2D eigenvalue weighted by molar-refractivity contribution is 7.80. The Morgan fingerprint density at radius 2 is 2.07 bits per heavy atom. The zero-order valence-corrected chi connectivity index (χ0v) is 9.61. The second-order valence-corrected chi connectivity index (χ2v) is 4.13. The molecule has 0 atom stereocenters. The van der Waals surface area contributed by atoms with Crippen molar-refractivity contribution in [2.45, 2.75) is 26.8 Å². The van der Waals surface area contributed by atoms with Gasteiger partial charge in [0.1, 0.15) is 4.99 Å². The van der Waals surface area contributed by atoms with E-state index in [2.05, 4.69) is 25.2 Å². The van der Waals surface area contributed by atoms with Crippen LogP contribution in [0, 0.1) is 6.92 Å². The lowest BCUT2D eigenvalue weighted by atomic mass is 10.1. The normalized spacial score (nSPS) is 10.3. The van der Waals surface area contributed by atoms with E-state index < -0.39 is 0 Å². The maximum Gasteiger partial charge on any atom is 0.104 e. The highest BCUT2D eigenvalue weighted by Gasteiger charge is 2.02. The van der Waals surface area contributed by atoms with Gasteiger partial charge >= 0.3 is 0 Å². The van der Waals surface area contributed by atoms with E-state index in [4.69, 9.17) is 18.0 Å². The molecule has 0 saturated carbocycles. The monoisotopic (exact) mass is 208 g/mol. The van der Waals surface area contributed by atoms with Crippen LogP contribution >= 0.6 is 12.2 Å². The fourth-order valence-electron chi connectivity index (χ4n) is 1.36. The number of thiocarbonyl (C=S) groups is 1. The van der Waals surface area contributed by atoms with Gasteiger partial charge in [-0.2, -0.15) is 0 Å². The highest BCUT2D eigenvalue weighted by Crippen LogP contribution is 2.15. The Morgan fingerprint density at radius 1 is 1.43 bits per heavy atom. The predicted octanol–water partition coefficient (Wildman–Crippen LogP) is 2.45. The maximum absolute atomic E-state index is 5.58. The van der Waals surface area contributed by atoms with Crippen LogP contribution in [-0.2, 0) is 0 Å². The van der Waals surface area contributed by atoms with E-state index in [1.807, 2.05) is 19.1 Å². The third-order valence-corrected chi connectivity index (χ3v) is 2.17. The molecule has 0 heterocycles. The van der Waals surface area contributed by atoms with E-state index in [9.17, 15) is 0 Å². The standard InChI is InChI=1S/C11H16N2S/c1-7(2)13-9-4-5-10(11(12)14)8(3)6-9/h4-7,13H,1-3H3,(H2,12,14). The fraction of sp³-hybridized carbons (Fsp3) is 0.364. The third-order valence-electron chi connectivity index (χ3n) is 1.95. The van der Waals surface area contributed by atoms with Crippen LogP contribution in [-0.4, -0.2) is 11.0 Å². The zero-order valence-electron chi connectivity index (χ0n) is 8.79. The summed E-state index contributed by atoms with van der Waals surface area (Å²) >= 11 is 4.94. The topological polar surface area (TPSA) is 38.0 Å². The summed E-state index contributed by atoms with van der Waals surface area (Å²) in [5.74, 6) is 0. The summed E-state index contributed by atoms with van der Waals surface area (Å²) in [5, 5.41) is 3.33. The molecule has 14 heavy (non-hydrogen) atoms. The van der Waals surface area contributed by atoms with E-state index in [1.54, 1.807) is 0 Å². The number of rotatable bonds is 3. The van der Waals surface area contributed by atoms with Crippen molar-refractivity contribution < 1.29 is 0 Å². The first-order chi connectivity index (χ1) is 6.50. The number of nitrogens with two attached hydrogens (primary N) is 1. The quantitative estimate of drug-likeness (QED) is 0.749. The van der Waals surface area contributed by atoms with Crippen molar-refractivity contribution in [3.8, 4) is 0 Å². The second-order valence-electron chi connectivity index (χ2n) is 3.69. The molecule has 0 bridgehead atoms. The minimum atomic E-state index is 0.435. The van der Waals surface area contributed by atoms with Crippen LogP contribution in [0.5, 0.6) is 0 Å². The van der Waals surface area contributed by atoms with Gasteiger partial charge in [0.05, 0.1) is 0 Å². The molecule has 76 valence electrons. The number of anilines is 1. The molecule has 1 rings (SSSR count). The Balaban J connectivity index is 2.94. The molecule has 2 nitrogen and oxygen atoms in total. The van der Waals surface area contributed by atoms with Gasteiger partial charge in [-0.25, -0.2) is 0 Å². The Kier molecular flexibility index (Phi) is 3.47. The van der Waals surface area contributed by atoms with Gasteiger partial charge in [0.2, 0.25) is 0 Å². The summed E-state index contributed by atoms with van der Waals surface area (Å²) in [6, 6.07) is 6.46. The molecule has 0 saturated heterocycles. The van der Waals surface area contributed by atoms with Gasteiger partial charge in [-0.3, -0.25) is 0 Å². The van der Waals surface area contributed by atoms with E-state index in [1.165, 1.54) is 0 Å². The van der Waals surface area contributed by atoms with Gasteiger partial charge in [-0.1, -0.05) is 12.2 Å². The lowest BCUT2D eigenvalue weighted by Crippen LogP contribution is -2.13. The second kappa shape index (κ2) is 4.42. The molecule has 1 aromatic carbocycles. The summed E-state index contributed by atoms with van der Waals surface area (Å²) in [6.07, 6.45) is 0. The first-order valence-electron chi connectivity index (χ1n) is 4.67. The molecule has 0 aliphatic carbocycles. The first-order valence-corrected chi connectivity index (χ1v) is 5.08. The fourth-order valence-corrected chi connectivity index (χ4v) is 1.59. The number of aryl methyl sites for hydroxylation is 1. The largest absolute Gasteiger partial charge is 0.389 e. The number of benzene rings is 1. The molecule has 3 heteroatoms. The van der Waals surface area contributed by atoms with Gasteiger partial charge in [-0.15, -0.1) is 0 Å². The van der Waals surface area contributed by atoms with Crippen molar-refractivity contribution in [2.24, 2.45) is 5.73 Å². The summed E-state index contributed by atoms with van der Waals surface area (Å²) in [7, 11) is 0. The average molecular weight is 208 g/mol. The van der Waals surface area contributed by atoms with E-state index in [-0.39, 0.29) is 0 Å². The number of hydrogen-bond acceptors (Lipinski definition) is 2. The molecule has 0 unspecified atom stereocenters. The molecular formula is C11H16N2S. The molecule has 0 amide bonds. The predicted molar refractivity (Wildman–Crippen MR) is 65.8 cm³/mol. The van der Waals surface area contributed by atoms with Crippen molar-refractivity contribution in [3.63, 3.8) is 0 Å². The lowest BCUT2D eigenvalue weighted by Gasteiger charge is -2.12. The smallest absolute Gasteiger partial charge is 0.104 e. The van der Waals surface area contributed by atoms with Crippen LogP contribution in [0.1, 0.15) is 25.0 Å². The van der Waals surface area contributed by atoms with Crippen molar-refractivity contribution >= 4 is 22.9 Å². The summed E-state index contributed by atoms with van der Waals surface area (Å²) in [4.78, 5) is 0.457. The molecule has 0 aliphatic heterocycles. The van der Waals surface area contributed by atoms with Crippen LogP contribution in [0.3, 0.4) is 0 Å². The van der Waals surface area contributed by atoms with Crippen LogP contribution in [0.2, 0.25) is 0 Å². The minimum absolute atomic E-state index is 0.435. The summed E-state index contributed by atoms with van der Waals surface area (Å²) in [6.45, 7) is 6.23. The van der Waals surface area contributed by atoms with E-state index in [0.29, 0.717) is 11.0 Å². The minimum Gasteiger partial charge on any atom is -0.389 e. The van der Waals surface area contributed by atoms with Crippen LogP contribution < -0.4 is 11.1 Å². The van der Waals surface area contributed by atoms with Gasteiger partial charge in [0.15, 0.2) is 0 Å². The Labute approximate surface area is 90.5 Å². The van der Waals surface area contributed by atoms with Gasteiger partial charge < -0.3 is 11.1 Å². The van der Waals surface area contributed by atoms with Crippen molar-refractivity contribution in [3.05, 3.63) is 29.3 Å². The average Bonchev–Trinajstić information content (AvgIpc) is 2.01. The summed E-state index contributed by atoms with van der Waals surface area (Å²) < 4.78 is 0. The Hall–Kier alpha value is -1.09. The van der Waals surface area contributed by atoms with E-state index >= 15 is 0 Å². The first kappa shape index (κ1) is 11.0. The van der Waals surface area contributed by atoms with Crippen LogP contribution in [0.15, 0.2) is 18.2 Å². The highest BCUT2D eigenvalue weighted by atomic mass is 32.1. The molecule has 0 aromatic heterocycles. The summed E-state index contributed by atoms with van der Waals surface area (Å²) in [5.41, 5.74) is 8.75. The SMILES string of the molecule is Cc1cc(NC(C)C)ccc1C(N)=S. The molecule has 1 aromatic rings. The number of nitrogens with one attached hydrogen (secondary N) is 1. The lowest BCUT2D eigenvalue weighted by molar-refractivity contribution is 0.899. The van der Waals surface area contributed by atoms with Crippen LogP contribution in [0.4, 0.5) is 5.69 Å². The molecule has 0 fully saturated rings. The van der Waals surface area contributed by atoms with Crippen molar-refractivity contribution in [2.75, 3.05) is 5.32 Å². The van der Waals surface area contributed by atoms with Gasteiger partial charge in [0, 0.05) is 17.3 Å². The molecular weight excluding hydrogens is 192 g/mol.